The molecule has 3 rings (SSSR count). The number of nitrogens with two attached hydrogens (primary N) is 1. The monoisotopic (exact) mass is 419 g/mol. The lowest BCUT2D eigenvalue weighted by Crippen LogP contribution is -2.44. The number of anilines is 1. The summed E-state index contributed by atoms with van der Waals surface area (Å²) in [5.74, 6) is -1.21. The molecule has 2 aromatic rings. The van der Waals surface area contributed by atoms with Crippen LogP contribution in [0.2, 0.25) is 0 Å². The van der Waals surface area contributed by atoms with Crippen LogP contribution >= 0.6 is 11.3 Å². The Morgan fingerprint density at radius 3 is 2.59 bits per heavy atom. The summed E-state index contributed by atoms with van der Waals surface area (Å²) in [4.78, 5) is 11.6. The molecule has 27 heavy (non-hydrogen) atoms. The first kappa shape index (κ1) is 19.2. The lowest BCUT2D eigenvalue weighted by molar-refractivity contribution is -0.606. The van der Waals surface area contributed by atoms with Crippen molar-refractivity contribution in [3.63, 3.8) is 0 Å². The molecule has 1 aliphatic rings. The van der Waals surface area contributed by atoms with Gasteiger partial charge in [0.1, 0.15) is 10.6 Å². The van der Waals surface area contributed by atoms with E-state index in [1.807, 2.05) is 0 Å². The highest BCUT2D eigenvalue weighted by molar-refractivity contribution is 7.94. The van der Waals surface area contributed by atoms with Crippen LogP contribution in [0.1, 0.15) is 15.4 Å². The Hall–Kier alpha value is -2.60. The Morgan fingerprint density at radius 1 is 1.37 bits per heavy atom. The van der Waals surface area contributed by atoms with Crippen molar-refractivity contribution in [2.24, 2.45) is 0 Å². The Bertz CT molecular complexity index is 1020. The van der Waals surface area contributed by atoms with Crippen LogP contribution in [-0.4, -0.2) is 26.1 Å². The van der Waals surface area contributed by atoms with E-state index >= 15 is 0 Å². The minimum atomic E-state index is -4.50. The standard InChI is InChI=1S/C15H12F3N3O4S2/c16-15(17,18)12-2-1-11(26-12)8-5-10(19)13(21(23)6-8)14(22)20-9-3-4-27(24,25)7-9/h1-6,9H,7,19H2,(H,20,22)/t9-/m1/s1. The number of pyridine rings is 1. The number of amides is 1. The predicted octanol–water partition coefficient (Wildman–Crippen LogP) is 1.69. The molecule has 0 saturated carbocycles. The van der Waals surface area contributed by atoms with Crippen LogP contribution in [0.4, 0.5) is 18.9 Å². The highest BCUT2D eigenvalue weighted by Crippen LogP contribution is 2.38. The highest BCUT2D eigenvalue weighted by atomic mass is 32.2. The van der Waals surface area contributed by atoms with Crippen molar-refractivity contribution in [2.45, 2.75) is 12.2 Å². The van der Waals surface area contributed by atoms with Crippen molar-refractivity contribution < 1.29 is 31.1 Å². The second-order valence-corrected chi connectivity index (χ2v) is 8.77. The van der Waals surface area contributed by atoms with Crippen molar-refractivity contribution in [1.82, 2.24) is 5.32 Å². The molecule has 7 nitrogen and oxygen atoms in total. The number of halogens is 3. The molecule has 1 aliphatic heterocycles. The number of hydrogen-bond donors (Lipinski definition) is 2. The van der Waals surface area contributed by atoms with Gasteiger partial charge in [0.2, 0.25) is 0 Å². The molecule has 0 aliphatic carbocycles. The number of nitrogen functional groups attached to an aromatic ring is 1. The molecule has 0 aromatic carbocycles. The summed E-state index contributed by atoms with van der Waals surface area (Å²) >= 11 is 0.441. The van der Waals surface area contributed by atoms with Crippen molar-refractivity contribution in [2.75, 3.05) is 11.5 Å². The number of sulfone groups is 1. The average molecular weight is 419 g/mol. The van der Waals surface area contributed by atoms with E-state index in [9.17, 15) is 31.6 Å². The number of rotatable bonds is 3. The van der Waals surface area contributed by atoms with Crippen LogP contribution in [0.3, 0.4) is 0 Å². The van der Waals surface area contributed by atoms with Gasteiger partial charge >= 0.3 is 17.8 Å². The van der Waals surface area contributed by atoms with Crippen molar-refractivity contribution in [1.29, 1.82) is 0 Å². The molecule has 0 fully saturated rings. The van der Waals surface area contributed by atoms with E-state index in [0.717, 1.165) is 17.7 Å². The van der Waals surface area contributed by atoms with Crippen LogP contribution in [0.5, 0.6) is 0 Å². The third-order valence-corrected chi connectivity index (χ3v) is 6.27. The molecule has 1 atom stereocenters. The summed E-state index contributed by atoms with van der Waals surface area (Å²) in [6.07, 6.45) is -2.29. The zero-order valence-electron chi connectivity index (χ0n) is 13.4. The smallest absolute Gasteiger partial charge is 0.425 e. The van der Waals surface area contributed by atoms with Gasteiger partial charge in [-0.3, -0.25) is 4.79 Å². The summed E-state index contributed by atoms with van der Waals surface area (Å²) < 4.78 is 61.0. The molecule has 0 spiro atoms. The maximum Gasteiger partial charge on any atom is 0.425 e. The summed E-state index contributed by atoms with van der Waals surface area (Å²) in [6.45, 7) is 0. The zero-order chi connectivity index (χ0) is 20.0. The van der Waals surface area contributed by atoms with E-state index < -0.39 is 38.5 Å². The van der Waals surface area contributed by atoms with Crippen LogP contribution < -0.4 is 15.8 Å². The summed E-state index contributed by atoms with van der Waals surface area (Å²) in [5.41, 5.74) is 5.16. The Kier molecular flexibility index (Phi) is 4.64. The van der Waals surface area contributed by atoms with Gasteiger partial charge in [-0.2, -0.15) is 17.9 Å². The molecule has 1 amide bonds. The average Bonchev–Trinajstić information content (AvgIpc) is 3.13. The third kappa shape index (κ3) is 4.06. The largest absolute Gasteiger partial charge is 0.618 e. The van der Waals surface area contributed by atoms with Crippen molar-refractivity contribution in [3.8, 4) is 10.4 Å². The van der Waals surface area contributed by atoms with Crippen LogP contribution in [0, 0.1) is 5.21 Å². The van der Waals surface area contributed by atoms with Crippen LogP contribution in [0.15, 0.2) is 35.9 Å². The third-order valence-electron chi connectivity index (χ3n) is 3.69. The summed E-state index contributed by atoms with van der Waals surface area (Å²) in [5, 5.41) is 15.5. The van der Waals surface area contributed by atoms with Gasteiger partial charge in [0, 0.05) is 10.3 Å². The van der Waals surface area contributed by atoms with Gasteiger partial charge in [0.15, 0.2) is 16.0 Å². The van der Waals surface area contributed by atoms with E-state index in [-0.39, 0.29) is 26.6 Å². The molecular weight excluding hydrogens is 407 g/mol. The fraction of sp³-hybridized carbons (Fsp3) is 0.200. The number of nitrogens with one attached hydrogen (secondary N) is 1. The van der Waals surface area contributed by atoms with Gasteiger partial charge in [0.25, 0.3) is 0 Å². The molecule has 3 heterocycles. The quantitative estimate of drug-likeness (QED) is 0.580. The number of hydrogen-bond acceptors (Lipinski definition) is 6. The molecule has 0 bridgehead atoms. The van der Waals surface area contributed by atoms with E-state index in [2.05, 4.69) is 5.32 Å². The Balaban J connectivity index is 1.86. The lowest BCUT2D eigenvalue weighted by Gasteiger charge is -2.12. The maximum atomic E-state index is 12.7. The molecule has 144 valence electrons. The van der Waals surface area contributed by atoms with E-state index in [4.69, 9.17) is 5.73 Å². The number of alkyl halides is 3. The Morgan fingerprint density at radius 2 is 2.07 bits per heavy atom. The Labute approximate surface area is 155 Å². The minimum Gasteiger partial charge on any atom is -0.618 e. The molecule has 3 N–H and O–H groups in total. The minimum absolute atomic E-state index is 0.128. The SMILES string of the molecule is Nc1cc(-c2ccc(C(F)(F)F)s2)c[n+]([O-])c1C(=O)N[C@@H]1C=CS(=O)(=O)C1. The van der Waals surface area contributed by atoms with Gasteiger partial charge in [-0.1, -0.05) is 0 Å². The van der Waals surface area contributed by atoms with Gasteiger partial charge in [-0.05, 0) is 24.3 Å². The second kappa shape index (κ2) is 6.53. The zero-order valence-corrected chi connectivity index (χ0v) is 15.0. The van der Waals surface area contributed by atoms with Gasteiger partial charge in [0.05, 0.1) is 17.4 Å². The van der Waals surface area contributed by atoms with Crippen LogP contribution in [0.25, 0.3) is 10.4 Å². The van der Waals surface area contributed by atoms with E-state index in [0.29, 0.717) is 11.3 Å². The van der Waals surface area contributed by atoms with Crippen LogP contribution in [-0.2, 0) is 16.0 Å². The number of carbonyl (C=O) groups excluding carboxylic acids is 1. The summed E-state index contributed by atoms with van der Waals surface area (Å²) in [6, 6.07) is 2.51. The predicted molar refractivity (Wildman–Crippen MR) is 92.3 cm³/mol. The van der Waals surface area contributed by atoms with Gasteiger partial charge in [-0.25, -0.2) is 8.42 Å². The first-order chi connectivity index (χ1) is 12.5. The normalized spacial score (nSPS) is 18.6. The molecular formula is C15H12F3N3O4S2. The number of nitrogens with zero attached hydrogens (tertiary/aromatic N) is 1. The lowest BCUT2D eigenvalue weighted by atomic mass is 10.2. The molecule has 2 aromatic heterocycles. The van der Waals surface area contributed by atoms with Gasteiger partial charge in [-0.15, -0.1) is 11.3 Å². The number of aromatic nitrogens is 1. The van der Waals surface area contributed by atoms with Crippen molar-refractivity contribution in [3.05, 3.63) is 51.7 Å². The molecule has 12 heteroatoms. The molecule has 0 saturated heterocycles. The molecule has 0 radical (unpaired) electrons. The van der Waals surface area contributed by atoms with Crippen molar-refractivity contribution >= 4 is 32.8 Å². The fourth-order valence-corrected chi connectivity index (χ4v) is 4.59. The fourth-order valence-electron chi connectivity index (χ4n) is 2.51. The topological polar surface area (TPSA) is 116 Å². The summed E-state index contributed by atoms with van der Waals surface area (Å²) in [7, 11) is -3.40. The number of carbonyl (C=O) groups is 1. The maximum absolute atomic E-state index is 12.7. The van der Waals surface area contributed by atoms with E-state index in [1.54, 1.807) is 0 Å². The highest BCUT2D eigenvalue weighted by Gasteiger charge is 2.33. The first-order valence-electron chi connectivity index (χ1n) is 7.38. The van der Waals surface area contributed by atoms with E-state index in [1.165, 1.54) is 18.2 Å². The van der Waals surface area contributed by atoms with Gasteiger partial charge < -0.3 is 16.3 Å². The first-order valence-corrected chi connectivity index (χ1v) is 9.91. The molecule has 0 unspecified atom stereocenters. The number of thiophene rings is 1. The second-order valence-electron chi connectivity index (χ2n) is 5.76.